The zero-order valence-electron chi connectivity index (χ0n) is 24.9. The second-order valence-electron chi connectivity index (χ2n) is 10.3. The fraction of sp³-hybridized carbons (Fsp3) is 0.139. The SMILES string of the molecule is CCOC(=O)C1=C(c2ccccc2)N=c2s/c(=C\c3cc(I)c(OCc4ccccc4Cl)c(OC)c3)c(=O)n2[C@H]1c1ccccc1. The molecule has 1 aromatic heterocycles. The molecule has 2 heterocycles. The molecule has 0 amide bonds. The molecule has 0 fully saturated rings. The summed E-state index contributed by atoms with van der Waals surface area (Å²) >= 11 is 9.79. The summed E-state index contributed by atoms with van der Waals surface area (Å²) in [6, 6.07) is 29.5. The number of esters is 1. The minimum Gasteiger partial charge on any atom is -0.493 e. The lowest BCUT2D eigenvalue weighted by atomic mass is 9.93. The number of benzene rings is 4. The van der Waals surface area contributed by atoms with Crippen LogP contribution in [0.1, 0.15) is 35.2 Å². The van der Waals surface area contributed by atoms with Gasteiger partial charge in [-0.3, -0.25) is 9.36 Å². The highest BCUT2D eigenvalue weighted by molar-refractivity contribution is 14.1. The van der Waals surface area contributed by atoms with E-state index in [1.54, 1.807) is 18.6 Å². The minimum atomic E-state index is -0.732. The van der Waals surface area contributed by atoms with Crippen LogP contribution in [0.5, 0.6) is 11.5 Å². The average molecular weight is 763 g/mol. The Hall–Kier alpha value is -4.19. The van der Waals surface area contributed by atoms with Crippen molar-refractivity contribution < 1.29 is 19.0 Å². The molecular formula is C36H28ClIN2O5S. The van der Waals surface area contributed by atoms with Gasteiger partial charge in [-0.05, 0) is 64.9 Å². The Kier molecular flexibility index (Phi) is 9.72. The predicted molar refractivity (Wildman–Crippen MR) is 189 cm³/mol. The van der Waals surface area contributed by atoms with Gasteiger partial charge < -0.3 is 14.2 Å². The highest BCUT2D eigenvalue weighted by Gasteiger charge is 2.35. The third-order valence-electron chi connectivity index (χ3n) is 7.37. The Bertz CT molecular complexity index is 2130. The maximum Gasteiger partial charge on any atom is 0.338 e. The van der Waals surface area contributed by atoms with Crippen LogP contribution in [0.4, 0.5) is 0 Å². The molecule has 1 aliphatic heterocycles. The van der Waals surface area contributed by atoms with Gasteiger partial charge in [-0.15, -0.1) is 0 Å². The molecule has 0 bridgehead atoms. The zero-order chi connectivity index (χ0) is 32.2. The summed E-state index contributed by atoms with van der Waals surface area (Å²) in [5, 5.41) is 0.624. The van der Waals surface area contributed by atoms with Gasteiger partial charge in [-0.1, -0.05) is 102 Å². The molecular weight excluding hydrogens is 735 g/mol. The van der Waals surface area contributed by atoms with Crippen LogP contribution in [0.2, 0.25) is 5.02 Å². The summed E-state index contributed by atoms with van der Waals surface area (Å²) in [6.07, 6.45) is 1.81. The van der Waals surface area contributed by atoms with Crippen molar-refractivity contribution in [2.24, 2.45) is 4.99 Å². The molecule has 1 atom stereocenters. The second kappa shape index (κ2) is 14.1. The summed E-state index contributed by atoms with van der Waals surface area (Å²) in [5.74, 6) is 0.591. The van der Waals surface area contributed by atoms with Gasteiger partial charge >= 0.3 is 5.97 Å². The van der Waals surface area contributed by atoms with Gasteiger partial charge in [0, 0.05) is 16.1 Å². The predicted octanol–water partition coefficient (Wildman–Crippen LogP) is 6.78. The Balaban J connectivity index is 1.49. The lowest BCUT2D eigenvalue weighted by Gasteiger charge is -2.25. The van der Waals surface area contributed by atoms with Crippen molar-refractivity contribution >= 4 is 63.3 Å². The van der Waals surface area contributed by atoms with Gasteiger partial charge in [0.2, 0.25) is 0 Å². The van der Waals surface area contributed by atoms with Gasteiger partial charge in [-0.25, -0.2) is 9.79 Å². The molecule has 7 nitrogen and oxygen atoms in total. The second-order valence-corrected chi connectivity index (χ2v) is 12.8. The zero-order valence-corrected chi connectivity index (χ0v) is 28.6. The summed E-state index contributed by atoms with van der Waals surface area (Å²) in [5.41, 5.74) is 3.68. The van der Waals surface area contributed by atoms with Crippen molar-refractivity contribution in [1.29, 1.82) is 0 Å². The first-order valence-electron chi connectivity index (χ1n) is 14.5. The lowest BCUT2D eigenvalue weighted by Crippen LogP contribution is -2.40. The molecule has 0 aliphatic carbocycles. The van der Waals surface area contributed by atoms with E-state index < -0.39 is 12.0 Å². The van der Waals surface area contributed by atoms with Gasteiger partial charge in [0.25, 0.3) is 5.56 Å². The number of aromatic nitrogens is 1. The van der Waals surface area contributed by atoms with E-state index in [1.165, 1.54) is 11.3 Å². The van der Waals surface area contributed by atoms with Gasteiger partial charge in [-0.2, -0.15) is 0 Å². The number of hydrogen-bond acceptors (Lipinski definition) is 7. The van der Waals surface area contributed by atoms with Crippen molar-refractivity contribution in [3.05, 3.63) is 153 Å². The fourth-order valence-corrected chi connectivity index (χ4v) is 7.24. The number of carbonyl (C=O) groups is 1. The van der Waals surface area contributed by atoms with Crippen molar-refractivity contribution in [1.82, 2.24) is 4.57 Å². The van der Waals surface area contributed by atoms with Crippen LogP contribution in [0, 0.1) is 3.57 Å². The summed E-state index contributed by atoms with van der Waals surface area (Å²) < 4.78 is 20.2. The molecule has 0 saturated heterocycles. The van der Waals surface area contributed by atoms with Gasteiger partial charge in [0.05, 0.1) is 39.1 Å². The highest BCUT2D eigenvalue weighted by atomic mass is 127. The molecule has 10 heteroatoms. The number of fused-ring (bicyclic) bond motifs is 1. The third-order valence-corrected chi connectivity index (χ3v) is 9.52. The van der Waals surface area contributed by atoms with Crippen LogP contribution < -0.4 is 24.4 Å². The Morgan fingerprint density at radius 3 is 2.41 bits per heavy atom. The van der Waals surface area contributed by atoms with Crippen molar-refractivity contribution in [2.45, 2.75) is 19.6 Å². The topological polar surface area (TPSA) is 79.1 Å². The molecule has 0 radical (unpaired) electrons. The molecule has 0 unspecified atom stereocenters. The largest absolute Gasteiger partial charge is 0.493 e. The maximum absolute atomic E-state index is 14.2. The number of nitrogens with zero attached hydrogens (tertiary/aromatic N) is 2. The number of rotatable bonds is 9. The quantitative estimate of drug-likeness (QED) is 0.122. The standard InChI is InChI=1S/C36H28ClIN2O5S/c1-3-44-35(42)30-31(23-12-6-4-7-13-23)39-36-40(32(30)24-14-8-5-9-15-24)34(41)29(46-36)20-22-18-27(38)33(28(19-22)43-2)45-21-25-16-10-11-17-26(25)37/h4-20,32H,3,21H2,1-2H3/b29-20-/t32-/m0/s1. The summed E-state index contributed by atoms with van der Waals surface area (Å²) in [4.78, 5) is 33.2. The minimum absolute atomic E-state index is 0.189. The molecule has 46 heavy (non-hydrogen) atoms. The molecule has 6 rings (SSSR count). The Morgan fingerprint density at radius 2 is 1.72 bits per heavy atom. The fourth-order valence-electron chi connectivity index (χ4n) is 5.27. The monoisotopic (exact) mass is 762 g/mol. The molecule has 232 valence electrons. The Morgan fingerprint density at radius 1 is 1.02 bits per heavy atom. The number of thiazole rings is 1. The van der Waals surface area contributed by atoms with Crippen molar-refractivity contribution in [3.63, 3.8) is 0 Å². The van der Waals surface area contributed by atoms with E-state index in [-0.39, 0.29) is 18.8 Å². The number of hydrogen-bond donors (Lipinski definition) is 0. The van der Waals surface area contributed by atoms with Gasteiger partial charge in [0.1, 0.15) is 6.61 Å². The van der Waals surface area contributed by atoms with Crippen LogP contribution in [0.3, 0.4) is 0 Å². The van der Waals surface area contributed by atoms with Crippen LogP contribution in [0.25, 0.3) is 11.8 Å². The number of methoxy groups -OCH3 is 1. The van der Waals surface area contributed by atoms with Crippen LogP contribution in [-0.2, 0) is 16.1 Å². The van der Waals surface area contributed by atoms with E-state index in [2.05, 4.69) is 22.6 Å². The molecule has 0 N–H and O–H groups in total. The Labute approximate surface area is 288 Å². The first-order valence-corrected chi connectivity index (χ1v) is 16.7. The van der Waals surface area contributed by atoms with E-state index in [1.807, 2.05) is 103 Å². The first kappa shape index (κ1) is 31.8. The third kappa shape index (κ3) is 6.40. The summed E-state index contributed by atoms with van der Waals surface area (Å²) in [7, 11) is 1.58. The van der Waals surface area contributed by atoms with Crippen LogP contribution >= 0.6 is 45.5 Å². The van der Waals surface area contributed by atoms with Crippen LogP contribution in [-0.4, -0.2) is 24.3 Å². The molecule has 0 saturated carbocycles. The smallest absolute Gasteiger partial charge is 0.338 e. The van der Waals surface area contributed by atoms with E-state index >= 15 is 0 Å². The number of halogens is 2. The average Bonchev–Trinajstić information content (AvgIpc) is 3.38. The number of carbonyl (C=O) groups excluding carboxylic acids is 1. The van der Waals surface area contributed by atoms with Crippen LogP contribution in [0.15, 0.2) is 112 Å². The van der Waals surface area contributed by atoms with E-state index in [4.69, 9.17) is 30.8 Å². The first-order chi connectivity index (χ1) is 22.4. The van der Waals surface area contributed by atoms with Gasteiger partial charge in [0.15, 0.2) is 16.3 Å². The normalized spacial score (nSPS) is 14.4. The van der Waals surface area contributed by atoms with Crippen molar-refractivity contribution in [3.8, 4) is 11.5 Å². The van der Waals surface area contributed by atoms with E-state index in [0.29, 0.717) is 37.1 Å². The highest BCUT2D eigenvalue weighted by Crippen LogP contribution is 2.36. The van der Waals surface area contributed by atoms with Crippen molar-refractivity contribution in [2.75, 3.05) is 13.7 Å². The lowest BCUT2D eigenvalue weighted by molar-refractivity contribution is -0.138. The summed E-state index contributed by atoms with van der Waals surface area (Å²) in [6.45, 7) is 2.22. The number of ether oxygens (including phenoxy) is 3. The maximum atomic E-state index is 14.2. The molecule has 5 aromatic rings. The van der Waals surface area contributed by atoms with E-state index in [9.17, 15) is 9.59 Å². The molecule has 0 spiro atoms. The molecule has 4 aromatic carbocycles. The molecule has 1 aliphatic rings. The van der Waals surface area contributed by atoms with E-state index in [0.717, 1.165) is 25.8 Å².